The Kier molecular flexibility index (Phi) is 4.32. The molecule has 1 saturated heterocycles. The fourth-order valence-corrected chi connectivity index (χ4v) is 3.01. The van der Waals surface area contributed by atoms with Crippen molar-refractivity contribution in [3.63, 3.8) is 0 Å². The summed E-state index contributed by atoms with van der Waals surface area (Å²) >= 11 is 0. The van der Waals surface area contributed by atoms with E-state index in [0.29, 0.717) is 18.9 Å². The molecular weight excluding hydrogens is 278 g/mol. The lowest BCUT2D eigenvalue weighted by Crippen LogP contribution is -2.39. The maximum absolute atomic E-state index is 11.7. The van der Waals surface area contributed by atoms with Crippen LogP contribution in [0.15, 0.2) is 18.2 Å². The highest BCUT2D eigenvalue weighted by Gasteiger charge is 2.22. The van der Waals surface area contributed by atoms with E-state index in [-0.39, 0.29) is 5.91 Å². The fraction of sp³-hybridized carbons (Fsp3) is 0.529. The minimum absolute atomic E-state index is 0.263. The molecule has 0 atom stereocenters. The van der Waals surface area contributed by atoms with E-state index in [1.165, 1.54) is 0 Å². The predicted molar refractivity (Wildman–Crippen MR) is 85.9 cm³/mol. The first-order valence-electron chi connectivity index (χ1n) is 8.02. The summed E-state index contributed by atoms with van der Waals surface area (Å²) in [5.74, 6) is 1.67. The molecule has 0 radical (unpaired) electrons. The second-order valence-corrected chi connectivity index (χ2v) is 6.01. The number of nitrogens with one attached hydrogen (secondary N) is 1. The number of hydrogen-bond donors (Lipinski definition) is 1. The number of ether oxygens (including phenoxy) is 1. The standard InChI is InChI=1S/C17H23N3O2/c1-3-17(21)20-8-6-13(7-9-20)11-22-14-4-5-15-12(2)18-19-16(15)10-14/h4-5,10,13H,3,6-9,11H2,1-2H3,(H,18,19). The zero-order chi connectivity index (χ0) is 15.5. The van der Waals surface area contributed by atoms with Crippen LogP contribution < -0.4 is 4.74 Å². The quantitative estimate of drug-likeness (QED) is 0.944. The molecule has 1 aromatic heterocycles. The summed E-state index contributed by atoms with van der Waals surface area (Å²) in [5, 5.41) is 8.36. The largest absolute Gasteiger partial charge is 0.493 e. The third-order valence-corrected chi connectivity index (χ3v) is 4.48. The molecule has 22 heavy (non-hydrogen) atoms. The van der Waals surface area contributed by atoms with Gasteiger partial charge in [0.2, 0.25) is 5.91 Å². The number of aryl methyl sites for hydroxylation is 1. The molecule has 5 nitrogen and oxygen atoms in total. The van der Waals surface area contributed by atoms with Crippen LogP contribution in [0.5, 0.6) is 5.75 Å². The van der Waals surface area contributed by atoms with E-state index in [4.69, 9.17) is 4.74 Å². The molecule has 5 heteroatoms. The number of aromatic amines is 1. The molecule has 0 bridgehead atoms. The van der Waals surface area contributed by atoms with Crippen molar-refractivity contribution in [3.8, 4) is 5.75 Å². The van der Waals surface area contributed by atoms with Crippen molar-refractivity contribution in [1.29, 1.82) is 0 Å². The van der Waals surface area contributed by atoms with Crippen LogP contribution in [0.1, 0.15) is 31.9 Å². The van der Waals surface area contributed by atoms with Gasteiger partial charge in [0.05, 0.1) is 17.8 Å². The number of rotatable bonds is 4. The van der Waals surface area contributed by atoms with Gasteiger partial charge < -0.3 is 9.64 Å². The van der Waals surface area contributed by atoms with E-state index in [2.05, 4.69) is 10.2 Å². The maximum atomic E-state index is 11.7. The van der Waals surface area contributed by atoms with Crippen molar-refractivity contribution in [2.24, 2.45) is 5.92 Å². The number of aromatic nitrogens is 2. The molecule has 2 aromatic rings. The van der Waals surface area contributed by atoms with E-state index < -0.39 is 0 Å². The molecule has 0 unspecified atom stereocenters. The van der Waals surface area contributed by atoms with Gasteiger partial charge in [-0.25, -0.2) is 0 Å². The molecule has 1 aliphatic heterocycles. The molecule has 0 spiro atoms. The smallest absolute Gasteiger partial charge is 0.222 e. The first-order valence-corrected chi connectivity index (χ1v) is 8.02. The molecule has 1 amide bonds. The van der Waals surface area contributed by atoms with Crippen LogP contribution in [0.3, 0.4) is 0 Å². The van der Waals surface area contributed by atoms with Crippen LogP contribution in [-0.4, -0.2) is 40.7 Å². The van der Waals surface area contributed by atoms with Gasteiger partial charge in [-0.2, -0.15) is 5.10 Å². The normalized spacial score (nSPS) is 16.2. The van der Waals surface area contributed by atoms with Gasteiger partial charge >= 0.3 is 0 Å². The number of benzene rings is 1. The van der Waals surface area contributed by atoms with Crippen LogP contribution in [0.25, 0.3) is 10.9 Å². The van der Waals surface area contributed by atoms with Crippen LogP contribution in [0, 0.1) is 12.8 Å². The van der Waals surface area contributed by atoms with Crippen LogP contribution in [-0.2, 0) is 4.79 Å². The average Bonchev–Trinajstić information content (AvgIpc) is 2.93. The van der Waals surface area contributed by atoms with Gasteiger partial charge in [0.25, 0.3) is 0 Å². The van der Waals surface area contributed by atoms with Gasteiger partial charge in [-0.1, -0.05) is 6.92 Å². The molecule has 118 valence electrons. The van der Waals surface area contributed by atoms with Gasteiger partial charge in [0.1, 0.15) is 5.75 Å². The van der Waals surface area contributed by atoms with Crippen LogP contribution >= 0.6 is 0 Å². The number of carbonyl (C=O) groups is 1. The Bertz CT molecular complexity index is 657. The third-order valence-electron chi connectivity index (χ3n) is 4.48. The predicted octanol–water partition coefficient (Wildman–Crippen LogP) is 2.90. The SMILES string of the molecule is CCC(=O)N1CCC(COc2ccc3c(C)n[nH]c3c2)CC1. The van der Waals surface area contributed by atoms with E-state index in [0.717, 1.165) is 48.3 Å². The molecule has 1 N–H and O–H groups in total. The Hall–Kier alpha value is -2.04. The van der Waals surface area contributed by atoms with Gasteiger partial charge in [-0.3, -0.25) is 9.89 Å². The zero-order valence-electron chi connectivity index (χ0n) is 13.3. The van der Waals surface area contributed by atoms with Gasteiger partial charge in [-0.05, 0) is 37.8 Å². The van der Waals surface area contributed by atoms with E-state index >= 15 is 0 Å². The number of likely N-dealkylation sites (tertiary alicyclic amines) is 1. The van der Waals surface area contributed by atoms with E-state index in [1.54, 1.807) is 0 Å². The molecule has 1 aliphatic rings. The Labute approximate surface area is 130 Å². The lowest BCUT2D eigenvalue weighted by molar-refractivity contribution is -0.132. The molecule has 1 aromatic carbocycles. The number of nitrogens with zero attached hydrogens (tertiary/aromatic N) is 2. The second kappa shape index (κ2) is 6.38. The first kappa shape index (κ1) is 14.9. The molecule has 1 fully saturated rings. The molecule has 3 rings (SSSR count). The minimum atomic E-state index is 0.263. The molecule has 2 heterocycles. The highest BCUT2D eigenvalue weighted by molar-refractivity contribution is 5.82. The average molecular weight is 301 g/mol. The van der Waals surface area contributed by atoms with Crippen molar-refractivity contribution in [1.82, 2.24) is 15.1 Å². The fourth-order valence-electron chi connectivity index (χ4n) is 3.01. The number of piperidine rings is 1. The molecule has 0 saturated carbocycles. The molecular formula is C17H23N3O2. The van der Waals surface area contributed by atoms with Crippen molar-refractivity contribution in [3.05, 3.63) is 23.9 Å². The summed E-state index contributed by atoms with van der Waals surface area (Å²) in [6.07, 6.45) is 2.65. The van der Waals surface area contributed by atoms with Gasteiger partial charge in [0, 0.05) is 31.0 Å². The number of hydrogen-bond acceptors (Lipinski definition) is 3. The van der Waals surface area contributed by atoms with Crippen LogP contribution in [0.2, 0.25) is 0 Å². The second-order valence-electron chi connectivity index (χ2n) is 6.01. The number of fused-ring (bicyclic) bond motifs is 1. The topological polar surface area (TPSA) is 58.2 Å². The number of amides is 1. The van der Waals surface area contributed by atoms with Crippen molar-refractivity contribution >= 4 is 16.8 Å². The Morgan fingerprint density at radius 3 is 2.91 bits per heavy atom. The Balaban J connectivity index is 1.53. The van der Waals surface area contributed by atoms with Crippen LogP contribution in [0.4, 0.5) is 0 Å². The summed E-state index contributed by atoms with van der Waals surface area (Å²) in [5.41, 5.74) is 2.02. The summed E-state index contributed by atoms with van der Waals surface area (Å²) in [7, 11) is 0. The Morgan fingerprint density at radius 1 is 1.41 bits per heavy atom. The monoisotopic (exact) mass is 301 g/mol. The lowest BCUT2D eigenvalue weighted by atomic mass is 9.97. The highest BCUT2D eigenvalue weighted by Crippen LogP contribution is 2.23. The maximum Gasteiger partial charge on any atom is 0.222 e. The molecule has 0 aliphatic carbocycles. The summed E-state index contributed by atoms with van der Waals surface area (Å²) < 4.78 is 5.93. The first-order chi connectivity index (χ1) is 10.7. The third kappa shape index (κ3) is 3.08. The van der Waals surface area contributed by atoms with E-state index in [9.17, 15) is 4.79 Å². The lowest BCUT2D eigenvalue weighted by Gasteiger charge is -2.31. The van der Waals surface area contributed by atoms with Gasteiger partial charge in [-0.15, -0.1) is 0 Å². The summed E-state index contributed by atoms with van der Waals surface area (Å²) in [6.45, 7) is 6.35. The number of H-pyrrole nitrogens is 1. The summed E-state index contributed by atoms with van der Waals surface area (Å²) in [4.78, 5) is 13.6. The van der Waals surface area contributed by atoms with Gasteiger partial charge in [0.15, 0.2) is 0 Å². The van der Waals surface area contributed by atoms with Crippen molar-refractivity contribution in [2.75, 3.05) is 19.7 Å². The van der Waals surface area contributed by atoms with E-state index in [1.807, 2.05) is 36.9 Å². The number of carbonyl (C=O) groups excluding carboxylic acids is 1. The summed E-state index contributed by atoms with van der Waals surface area (Å²) in [6, 6.07) is 6.05. The zero-order valence-corrected chi connectivity index (χ0v) is 13.3. The van der Waals surface area contributed by atoms with Crippen molar-refractivity contribution in [2.45, 2.75) is 33.1 Å². The minimum Gasteiger partial charge on any atom is -0.493 e. The highest BCUT2D eigenvalue weighted by atomic mass is 16.5. The van der Waals surface area contributed by atoms with Crippen molar-refractivity contribution < 1.29 is 9.53 Å². The Morgan fingerprint density at radius 2 is 2.18 bits per heavy atom.